The molecule has 0 aromatic carbocycles. The van der Waals surface area contributed by atoms with Crippen LogP contribution in [0.5, 0.6) is 0 Å². The Kier molecular flexibility index (Phi) is 5.25. The first-order valence-corrected chi connectivity index (χ1v) is 5.43. The van der Waals surface area contributed by atoms with Gasteiger partial charge in [-0.25, -0.2) is 9.78 Å². The zero-order valence-electron chi connectivity index (χ0n) is 10.2. The van der Waals surface area contributed by atoms with Crippen molar-refractivity contribution in [2.75, 3.05) is 18.9 Å². The van der Waals surface area contributed by atoms with Crippen LogP contribution in [0.2, 0.25) is 0 Å². The van der Waals surface area contributed by atoms with Crippen LogP contribution in [0.1, 0.15) is 5.69 Å². The number of amides is 2. The summed E-state index contributed by atoms with van der Waals surface area (Å²) in [4.78, 5) is 18.9. The van der Waals surface area contributed by atoms with Crippen LogP contribution in [0.3, 0.4) is 0 Å². The fraction of sp³-hybridized carbons (Fsp3) is 0.273. The minimum Gasteiger partial charge on any atom is -0.395 e. The highest BCUT2D eigenvalue weighted by atomic mass is 16.3. The van der Waals surface area contributed by atoms with Crippen molar-refractivity contribution >= 4 is 17.6 Å². The quantitative estimate of drug-likeness (QED) is 0.494. The molecule has 100 valence electrons. The van der Waals surface area contributed by atoms with E-state index in [1.54, 1.807) is 6.07 Å². The molecule has 0 aliphatic rings. The van der Waals surface area contributed by atoms with E-state index in [1.165, 1.54) is 17.0 Å². The Balaban J connectivity index is 2.98. The molecule has 1 aromatic heterocycles. The number of aromatic nitrogens is 2. The van der Waals surface area contributed by atoms with E-state index in [0.717, 1.165) is 0 Å². The van der Waals surface area contributed by atoms with Crippen LogP contribution >= 0.6 is 0 Å². The number of imidazole rings is 1. The molecule has 0 atom stereocenters. The number of hydrogen-bond acceptors (Lipinski definition) is 5. The molecular formula is C11H14N6O2. The topological polar surface area (TPSA) is 129 Å². The van der Waals surface area contributed by atoms with Crippen LogP contribution in [0.25, 0.3) is 0 Å². The number of anilines is 1. The molecule has 0 spiro atoms. The normalized spacial score (nSPS) is 10.8. The number of nitrogens with one attached hydrogen (secondary N) is 1. The Labute approximate surface area is 109 Å². The van der Waals surface area contributed by atoms with Crippen LogP contribution in [0.4, 0.5) is 10.6 Å². The smallest absolute Gasteiger partial charge is 0.342 e. The monoisotopic (exact) mass is 262 g/mol. The third-order valence-corrected chi connectivity index (χ3v) is 2.16. The summed E-state index contributed by atoms with van der Waals surface area (Å²) in [6, 6.07) is 1.09. The fourth-order valence-electron chi connectivity index (χ4n) is 1.29. The summed E-state index contributed by atoms with van der Waals surface area (Å²) in [5, 5.41) is 20.2. The van der Waals surface area contributed by atoms with Gasteiger partial charge < -0.3 is 20.7 Å². The number of rotatable bonds is 5. The SMILES string of the molecule is C=CCNC(=O)/N=C(\C#N)c1ncn(CCO)c1N. The highest BCUT2D eigenvalue weighted by Crippen LogP contribution is 2.11. The lowest BCUT2D eigenvalue weighted by atomic mass is 10.3. The van der Waals surface area contributed by atoms with Crippen LogP contribution < -0.4 is 11.1 Å². The summed E-state index contributed by atoms with van der Waals surface area (Å²) in [6.45, 7) is 3.82. The Bertz CT molecular complexity index is 540. The van der Waals surface area contributed by atoms with Gasteiger partial charge in [0, 0.05) is 13.1 Å². The van der Waals surface area contributed by atoms with Crippen LogP contribution in [0.15, 0.2) is 24.0 Å². The van der Waals surface area contributed by atoms with E-state index in [1.807, 2.05) is 0 Å². The molecule has 0 saturated carbocycles. The molecule has 8 nitrogen and oxygen atoms in total. The highest BCUT2D eigenvalue weighted by molar-refractivity contribution is 6.16. The Morgan fingerprint density at radius 2 is 2.53 bits per heavy atom. The van der Waals surface area contributed by atoms with Crippen molar-refractivity contribution in [3.63, 3.8) is 0 Å². The number of aliphatic imine (C=N–C) groups is 1. The van der Waals surface area contributed by atoms with E-state index in [9.17, 15) is 4.79 Å². The third-order valence-electron chi connectivity index (χ3n) is 2.16. The summed E-state index contributed by atoms with van der Waals surface area (Å²) in [5.41, 5.74) is 5.68. The fourth-order valence-corrected chi connectivity index (χ4v) is 1.29. The molecule has 1 rings (SSSR count). The van der Waals surface area contributed by atoms with Gasteiger partial charge in [-0.05, 0) is 0 Å². The summed E-state index contributed by atoms with van der Waals surface area (Å²) in [5.74, 6) is 0.172. The average Bonchev–Trinajstić information content (AvgIpc) is 2.76. The lowest BCUT2D eigenvalue weighted by Gasteiger charge is -2.02. The number of urea groups is 1. The minimum atomic E-state index is -0.674. The number of carbonyl (C=O) groups excluding carboxylic acids is 1. The summed E-state index contributed by atoms with van der Waals surface area (Å²) in [6.07, 6.45) is 2.86. The summed E-state index contributed by atoms with van der Waals surface area (Å²) in [7, 11) is 0. The van der Waals surface area contributed by atoms with Gasteiger partial charge in [-0.15, -0.1) is 6.58 Å². The van der Waals surface area contributed by atoms with Gasteiger partial charge in [0.1, 0.15) is 17.6 Å². The van der Waals surface area contributed by atoms with Gasteiger partial charge in [0.15, 0.2) is 5.71 Å². The van der Waals surface area contributed by atoms with Gasteiger partial charge in [0.05, 0.1) is 12.9 Å². The first kappa shape index (κ1) is 14.4. The molecular weight excluding hydrogens is 248 g/mol. The molecule has 0 bridgehead atoms. The molecule has 0 radical (unpaired) electrons. The number of nitrogens with zero attached hydrogens (tertiary/aromatic N) is 4. The van der Waals surface area contributed by atoms with E-state index in [4.69, 9.17) is 16.1 Å². The molecule has 8 heteroatoms. The molecule has 0 unspecified atom stereocenters. The molecule has 0 saturated heterocycles. The van der Waals surface area contributed by atoms with E-state index in [2.05, 4.69) is 21.9 Å². The van der Waals surface area contributed by atoms with Crippen molar-refractivity contribution in [1.29, 1.82) is 5.26 Å². The van der Waals surface area contributed by atoms with Crippen molar-refractivity contribution in [3.8, 4) is 6.07 Å². The second-order valence-electron chi connectivity index (χ2n) is 3.44. The lowest BCUT2D eigenvalue weighted by Crippen LogP contribution is -2.21. The van der Waals surface area contributed by atoms with Crippen LogP contribution in [0, 0.1) is 11.3 Å². The van der Waals surface area contributed by atoms with Gasteiger partial charge in [0.25, 0.3) is 0 Å². The zero-order valence-corrected chi connectivity index (χ0v) is 10.2. The highest BCUT2D eigenvalue weighted by Gasteiger charge is 2.14. The van der Waals surface area contributed by atoms with E-state index in [0.29, 0.717) is 0 Å². The number of nitriles is 1. The maximum Gasteiger partial charge on any atom is 0.342 e. The van der Waals surface area contributed by atoms with Gasteiger partial charge in [-0.3, -0.25) is 0 Å². The maximum atomic E-state index is 11.4. The van der Waals surface area contributed by atoms with Gasteiger partial charge in [0.2, 0.25) is 0 Å². The van der Waals surface area contributed by atoms with E-state index in [-0.39, 0.29) is 36.9 Å². The largest absolute Gasteiger partial charge is 0.395 e. The van der Waals surface area contributed by atoms with Crippen molar-refractivity contribution in [2.45, 2.75) is 6.54 Å². The Hall–Kier alpha value is -2.66. The number of nitrogens with two attached hydrogens (primary N) is 1. The number of aliphatic hydroxyl groups is 1. The molecule has 1 aromatic rings. The minimum absolute atomic E-state index is 0.112. The third kappa shape index (κ3) is 3.65. The maximum absolute atomic E-state index is 11.4. The first-order chi connectivity index (χ1) is 9.13. The Morgan fingerprint density at radius 1 is 1.79 bits per heavy atom. The van der Waals surface area contributed by atoms with Crippen molar-refractivity contribution in [3.05, 3.63) is 24.7 Å². The van der Waals surface area contributed by atoms with E-state index >= 15 is 0 Å². The molecule has 4 N–H and O–H groups in total. The molecule has 19 heavy (non-hydrogen) atoms. The summed E-state index contributed by atoms with van der Waals surface area (Å²) >= 11 is 0. The number of carbonyl (C=O) groups is 1. The second kappa shape index (κ2) is 6.93. The second-order valence-corrected chi connectivity index (χ2v) is 3.44. The van der Waals surface area contributed by atoms with Gasteiger partial charge in [-0.2, -0.15) is 10.3 Å². The number of aliphatic hydroxyl groups excluding tert-OH is 1. The van der Waals surface area contributed by atoms with Crippen molar-refractivity contribution < 1.29 is 9.90 Å². The Morgan fingerprint density at radius 3 is 3.11 bits per heavy atom. The molecule has 2 amide bonds. The van der Waals surface area contributed by atoms with Crippen LogP contribution in [-0.2, 0) is 6.54 Å². The standard InChI is InChI=1S/C11H14N6O2/c1-2-3-14-11(19)16-8(6-12)9-10(13)17(4-5-18)7-15-9/h2,7,18H,1,3-5,13H2,(H,14,19)/b16-8+. The van der Waals surface area contributed by atoms with E-state index < -0.39 is 6.03 Å². The molecule has 0 aliphatic heterocycles. The predicted octanol–water partition coefficient (Wildman–Crippen LogP) is -0.334. The van der Waals surface area contributed by atoms with Gasteiger partial charge >= 0.3 is 6.03 Å². The molecule has 1 heterocycles. The van der Waals surface area contributed by atoms with Crippen LogP contribution in [-0.4, -0.2) is 39.6 Å². The molecule has 0 aliphatic carbocycles. The number of hydrogen-bond donors (Lipinski definition) is 3. The zero-order chi connectivity index (χ0) is 14.3. The summed E-state index contributed by atoms with van der Waals surface area (Å²) < 4.78 is 1.46. The van der Waals surface area contributed by atoms with Crippen molar-refractivity contribution in [1.82, 2.24) is 14.9 Å². The molecule has 0 fully saturated rings. The lowest BCUT2D eigenvalue weighted by molar-refractivity contribution is 0.250. The average molecular weight is 262 g/mol. The van der Waals surface area contributed by atoms with Gasteiger partial charge in [-0.1, -0.05) is 6.08 Å². The van der Waals surface area contributed by atoms with Crippen molar-refractivity contribution in [2.24, 2.45) is 4.99 Å². The predicted molar refractivity (Wildman–Crippen MR) is 69.5 cm³/mol. The number of nitrogen functional groups attached to an aromatic ring is 1. The first-order valence-electron chi connectivity index (χ1n) is 5.43.